The molecule has 2 aromatic carbocycles. The molecule has 2 rings (SSSR count). The fraction of sp³-hybridized carbons (Fsp3) is 0.250. The van der Waals surface area contributed by atoms with Crippen molar-refractivity contribution < 1.29 is 0 Å². The van der Waals surface area contributed by atoms with E-state index in [9.17, 15) is 0 Å². The second-order valence-electron chi connectivity index (χ2n) is 4.69. The first kappa shape index (κ1) is 12.5. The third-order valence-electron chi connectivity index (χ3n) is 3.29. The lowest BCUT2D eigenvalue weighted by atomic mass is 10.1. The van der Waals surface area contributed by atoms with Crippen molar-refractivity contribution in [3.63, 3.8) is 0 Å². The number of hydrogen-bond donors (Lipinski definition) is 2. The molecule has 0 radical (unpaired) electrons. The van der Waals surface area contributed by atoms with Gasteiger partial charge in [0.05, 0.1) is 0 Å². The quantitative estimate of drug-likeness (QED) is 0.789. The maximum absolute atomic E-state index is 5.82. The number of hydrogen-bond acceptors (Lipinski definition) is 2. The van der Waals surface area contributed by atoms with Crippen molar-refractivity contribution in [1.82, 2.24) is 0 Å². The Labute approximate surface area is 109 Å². The first-order valence-corrected chi connectivity index (χ1v) is 6.33. The van der Waals surface area contributed by atoms with E-state index < -0.39 is 0 Å². The van der Waals surface area contributed by atoms with E-state index in [1.165, 1.54) is 11.1 Å². The van der Waals surface area contributed by atoms with E-state index in [4.69, 9.17) is 5.73 Å². The van der Waals surface area contributed by atoms with Crippen molar-refractivity contribution in [2.45, 2.75) is 27.2 Å². The molecule has 0 saturated heterocycles. The van der Waals surface area contributed by atoms with Crippen molar-refractivity contribution in [3.05, 3.63) is 53.1 Å². The van der Waals surface area contributed by atoms with Gasteiger partial charge in [-0.05, 0) is 67.3 Å². The number of nitrogens with two attached hydrogens (primary N) is 1. The lowest BCUT2D eigenvalue weighted by Gasteiger charge is -2.11. The van der Waals surface area contributed by atoms with Crippen molar-refractivity contribution in [2.24, 2.45) is 0 Å². The molecule has 0 unspecified atom stereocenters. The van der Waals surface area contributed by atoms with Crippen LogP contribution in [0.5, 0.6) is 0 Å². The minimum absolute atomic E-state index is 0.832. The zero-order chi connectivity index (χ0) is 13.1. The van der Waals surface area contributed by atoms with E-state index in [2.05, 4.69) is 43.4 Å². The van der Waals surface area contributed by atoms with Gasteiger partial charge >= 0.3 is 0 Å². The number of rotatable bonds is 3. The standard InChI is InChI=1S/C16H20N2/c1-4-13-10-15(6-5-11(13)2)18-14-7-8-16(17)12(3)9-14/h5-10,18H,4,17H2,1-3H3. The van der Waals surface area contributed by atoms with Gasteiger partial charge in [-0.3, -0.25) is 0 Å². The first-order valence-electron chi connectivity index (χ1n) is 6.33. The maximum Gasteiger partial charge on any atom is 0.0388 e. The van der Waals surface area contributed by atoms with Gasteiger partial charge in [0, 0.05) is 17.1 Å². The van der Waals surface area contributed by atoms with Crippen LogP contribution >= 0.6 is 0 Å². The van der Waals surface area contributed by atoms with Gasteiger partial charge in [0.2, 0.25) is 0 Å². The van der Waals surface area contributed by atoms with Gasteiger partial charge in [-0.1, -0.05) is 13.0 Å². The van der Waals surface area contributed by atoms with Crippen LogP contribution in [0.25, 0.3) is 0 Å². The summed E-state index contributed by atoms with van der Waals surface area (Å²) in [6.45, 7) is 6.35. The van der Waals surface area contributed by atoms with Gasteiger partial charge in [-0.25, -0.2) is 0 Å². The van der Waals surface area contributed by atoms with Gasteiger partial charge in [0.25, 0.3) is 0 Å². The Balaban J connectivity index is 2.25. The molecule has 0 aliphatic carbocycles. The average molecular weight is 240 g/mol. The molecule has 2 heteroatoms. The molecule has 0 aliphatic heterocycles. The highest BCUT2D eigenvalue weighted by Crippen LogP contribution is 2.23. The van der Waals surface area contributed by atoms with E-state index in [1.807, 2.05) is 19.1 Å². The normalized spacial score (nSPS) is 10.4. The predicted octanol–water partition coefficient (Wildman–Crippen LogP) is 4.19. The molecule has 0 bridgehead atoms. The Hall–Kier alpha value is -1.96. The molecule has 0 amide bonds. The molecule has 0 fully saturated rings. The Morgan fingerprint density at radius 3 is 2.28 bits per heavy atom. The highest BCUT2D eigenvalue weighted by molar-refractivity contribution is 5.65. The van der Waals surface area contributed by atoms with Crippen molar-refractivity contribution in [3.8, 4) is 0 Å². The van der Waals surface area contributed by atoms with Crippen molar-refractivity contribution in [2.75, 3.05) is 11.1 Å². The summed E-state index contributed by atoms with van der Waals surface area (Å²) in [5.41, 5.74) is 12.7. The zero-order valence-electron chi connectivity index (χ0n) is 11.2. The van der Waals surface area contributed by atoms with E-state index in [0.717, 1.165) is 29.0 Å². The van der Waals surface area contributed by atoms with E-state index >= 15 is 0 Å². The molecular weight excluding hydrogens is 220 g/mol. The summed E-state index contributed by atoms with van der Waals surface area (Å²) in [7, 11) is 0. The molecular formula is C16H20N2. The van der Waals surface area contributed by atoms with Crippen LogP contribution < -0.4 is 11.1 Å². The van der Waals surface area contributed by atoms with E-state index in [0.29, 0.717) is 0 Å². The van der Waals surface area contributed by atoms with Gasteiger partial charge in [0.1, 0.15) is 0 Å². The van der Waals surface area contributed by atoms with Crippen LogP contribution in [0, 0.1) is 13.8 Å². The summed E-state index contributed by atoms with van der Waals surface area (Å²) in [6.07, 6.45) is 1.06. The van der Waals surface area contributed by atoms with Crippen molar-refractivity contribution in [1.29, 1.82) is 0 Å². The van der Waals surface area contributed by atoms with E-state index in [-0.39, 0.29) is 0 Å². The maximum atomic E-state index is 5.82. The Bertz CT molecular complexity index is 559. The molecule has 0 spiro atoms. The highest BCUT2D eigenvalue weighted by Gasteiger charge is 2.01. The third-order valence-corrected chi connectivity index (χ3v) is 3.29. The van der Waals surface area contributed by atoms with Crippen LogP contribution in [0.4, 0.5) is 17.1 Å². The Kier molecular flexibility index (Phi) is 3.56. The third kappa shape index (κ3) is 2.65. The van der Waals surface area contributed by atoms with Crippen molar-refractivity contribution >= 4 is 17.1 Å². The van der Waals surface area contributed by atoms with E-state index in [1.54, 1.807) is 0 Å². The zero-order valence-corrected chi connectivity index (χ0v) is 11.2. The molecule has 0 saturated carbocycles. The lowest BCUT2D eigenvalue weighted by molar-refractivity contribution is 1.11. The highest BCUT2D eigenvalue weighted by atomic mass is 14.9. The van der Waals surface area contributed by atoms with Gasteiger partial charge in [-0.2, -0.15) is 0 Å². The molecule has 2 nitrogen and oxygen atoms in total. The predicted molar refractivity (Wildman–Crippen MR) is 79.4 cm³/mol. The van der Waals surface area contributed by atoms with Crippen LogP contribution in [0.2, 0.25) is 0 Å². The molecule has 0 heterocycles. The molecule has 18 heavy (non-hydrogen) atoms. The topological polar surface area (TPSA) is 38.0 Å². The minimum atomic E-state index is 0.832. The second kappa shape index (κ2) is 5.13. The summed E-state index contributed by atoms with van der Waals surface area (Å²) in [5.74, 6) is 0. The van der Waals surface area contributed by atoms with Gasteiger partial charge in [0.15, 0.2) is 0 Å². The summed E-state index contributed by atoms with van der Waals surface area (Å²) in [5, 5.41) is 3.42. The van der Waals surface area contributed by atoms with Gasteiger partial charge < -0.3 is 11.1 Å². The molecule has 3 N–H and O–H groups in total. The molecule has 94 valence electrons. The lowest BCUT2D eigenvalue weighted by Crippen LogP contribution is -1.95. The molecule has 0 atom stereocenters. The SMILES string of the molecule is CCc1cc(Nc2ccc(N)c(C)c2)ccc1C. The minimum Gasteiger partial charge on any atom is -0.399 e. The number of nitrogen functional groups attached to an aromatic ring is 1. The summed E-state index contributed by atoms with van der Waals surface area (Å²) >= 11 is 0. The summed E-state index contributed by atoms with van der Waals surface area (Å²) in [6, 6.07) is 12.5. The largest absolute Gasteiger partial charge is 0.399 e. The van der Waals surface area contributed by atoms with Crippen LogP contribution in [-0.2, 0) is 6.42 Å². The fourth-order valence-electron chi connectivity index (χ4n) is 2.05. The Morgan fingerprint density at radius 1 is 0.944 bits per heavy atom. The number of anilines is 3. The molecule has 0 aromatic heterocycles. The van der Waals surface area contributed by atoms with Crippen LogP contribution in [-0.4, -0.2) is 0 Å². The smallest absolute Gasteiger partial charge is 0.0388 e. The molecule has 0 aliphatic rings. The molecule has 2 aromatic rings. The van der Waals surface area contributed by atoms with Crippen LogP contribution in [0.3, 0.4) is 0 Å². The van der Waals surface area contributed by atoms with Crippen LogP contribution in [0.1, 0.15) is 23.6 Å². The average Bonchev–Trinajstić information content (AvgIpc) is 2.36. The monoisotopic (exact) mass is 240 g/mol. The number of aryl methyl sites for hydroxylation is 3. The fourth-order valence-corrected chi connectivity index (χ4v) is 2.05. The Morgan fingerprint density at radius 2 is 1.61 bits per heavy atom. The summed E-state index contributed by atoms with van der Waals surface area (Å²) in [4.78, 5) is 0. The number of benzene rings is 2. The summed E-state index contributed by atoms with van der Waals surface area (Å²) < 4.78 is 0. The first-order chi connectivity index (χ1) is 8.60. The number of nitrogens with one attached hydrogen (secondary N) is 1. The van der Waals surface area contributed by atoms with Crippen LogP contribution in [0.15, 0.2) is 36.4 Å². The second-order valence-corrected chi connectivity index (χ2v) is 4.69. The van der Waals surface area contributed by atoms with Gasteiger partial charge in [-0.15, -0.1) is 0 Å².